The monoisotopic (exact) mass is 342 g/mol. The van der Waals surface area contributed by atoms with Crippen molar-refractivity contribution in [3.05, 3.63) is 64.7 Å². The van der Waals surface area contributed by atoms with Crippen molar-refractivity contribution in [3.63, 3.8) is 0 Å². The predicted octanol–water partition coefficient (Wildman–Crippen LogP) is 4.50. The summed E-state index contributed by atoms with van der Waals surface area (Å²) < 4.78 is 0. The molecule has 1 N–H and O–H groups in total. The fraction of sp³-hybridized carbons (Fsp3) is 0.350. The molecule has 4 heteroatoms. The highest BCUT2D eigenvalue weighted by atomic mass is 35.5. The molecule has 1 aliphatic rings. The van der Waals surface area contributed by atoms with Crippen LogP contribution in [0.1, 0.15) is 24.0 Å². The molecule has 1 saturated heterocycles. The number of rotatable bonds is 4. The van der Waals surface area contributed by atoms with Gasteiger partial charge < -0.3 is 5.32 Å². The normalized spacial score (nSPS) is 16.1. The average Bonchev–Trinajstić information content (AvgIpc) is 2.57. The molecule has 0 unspecified atom stereocenters. The van der Waals surface area contributed by atoms with Crippen LogP contribution in [0.25, 0.3) is 0 Å². The van der Waals surface area contributed by atoms with E-state index in [2.05, 4.69) is 22.3 Å². The van der Waals surface area contributed by atoms with E-state index in [0.29, 0.717) is 0 Å². The van der Waals surface area contributed by atoms with Crippen molar-refractivity contribution < 1.29 is 4.79 Å². The molecular weight excluding hydrogens is 320 g/mol. The van der Waals surface area contributed by atoms with Crippen molar-refractivity contribution in [2.24, 2.45) is 5.92 Å². The molecule has 24 heavy (non-hydrogen) atoms. The molecule has 0 spiro atoms. The Morgan fingerprint density at radius 1 is 1.17 bits per heavy atom. The Kier molecular flexibility index (Phi) is 5.54. The molecule has 126 valence electrons. The zero-order chi connectivity index (χ0) is 16.9. The maximum Gasteiger partial charge on any atom is 0.227 e. The van der Waals surface area contributed by atoms with E-state index in [-0.39, 0.29) is 11.8 Å². The lowest BCUT2D eigenvalue weighted by Crippen LogP contribution is -2.37. The summed E-state index contributed by atoms with van der Waals surface area (Å²) >= 11 is 5.93. The highest BCUT2D eigenvalue weighted by Crippen LogP contribution is 2.21. The van der Waals surface area contributed by atoms with E-state index < -0.39 is 0 Å². The summed E-state index contributed by atoms with van der Waals surface area (Å²) in [6.45, 7) is 4.86. The third-order valence-corrected chi connectivity index (χ3v) is 4.82. The number of likely N-dealkylation sites (tertiary alicyclic amines) is 1. The molecule has 0 aliphatic carbocycles. The lowest BCUT2D eigenvalue weighted by Gasteiger charge is -2.31. The number of carbonyl (C=O) groups is 1. The maximum atomic E-state index is 12.4. The minimum atomic E-state index is 0.104. The fourth-order valence-corrected chi connectivity index (χ4v) is 3.29. The molecule has 3 nitrogen and oxygen atoms in total. The Balaban J connectivity index is 1.49. The molecule has 3 rings (SSSR count). The van der Waals surface area contributed by atoms with E-state index >= 15 is 0 Å². The summed E-state index contributed by atoms with van der Waals surface area (Å²) in [4.78, 5) is 14.8. The van der Waals surface area contributed by atoms with Gasteiger partial charge in [0.25, 0.3) is 0 Å². The third-order valence-electron chi connectivity index (χ3n) is 4.56. The minimum Gasteiger partial charge on any atom is -0.326 e. The van der Waals surface area contributed by atoms with E-state index in [9.17, 15) is 4.79 Å². The SMILES string of the molecule is Cc1cccc(NC(=O)C2CCN(Cc3ccc(Cl)cc3)CC2)c1. The van der Waals surface area contributed by atoms with Crippen molar-refractivity contribution >= 4 is 23.2 Å². The van der Waals surface area contributed by atoms with E-state index in [4.69, 9.17) is 11.6 Å². The molecule has 1 fully saturated rings. The Hall–Kier alpha value is -1.84. The molecule has 2 aromatic rings. The fourth-order valence-electron chi connectivity index (χ4n) is 3.17. The number of aryl methyl sites for hydroxylation is 1. The van der Waals surface area contributed by atoms with Crippen LogP contribution in [0.3, 0.4) is 0 Å². The molecule has 1 aliphatic heterocycles. The molecular formula is C20H23ClN2O. The van der Waals surface area contributed by atoms with E-state index in [1.165, 1.54) is 5.56 Å². The molecule has 1 heterocycles. The van der Waals surface area contributed by atoms with Gasteiger partial charge in [-0.15, -0.1) is 0 Å². The molecule has 0 saturated carbocycles. The standard InChI is InChI=1S/C20H23ClN2O/c1-15-3-2-4-19(13-15)22-20(24)17-9-11-23(12-10-17)14-16-5-7-18(21)8-6-16/h2-8,13,17H,9-12,14H2,1H3,(H,22,24). The van der Waals surface area contributed by atoms with Gasteiger partial charge in [0, 0.05) is 23.2 Å². The van der Waals surface area contributed by atoms with Gasteiger partial charge in [0.2, 0.25) is 5.91 Å². The lowest BCUT2D eigenvalue weighted by molar-refractivity contribution is -0.121. The first-order valence-electron chi connectivity index (χ1n) is 8.44. The number of nitrogens with zero attached hydrogens (tertiary/aromatic N) is 1. The Morgan fingerprint density at radius 2 is 1.88 bits per heavy atom. The summed E-state index contributed by atoms with van der Waals surface area (Å²) in [7, 11) is 0. The van der Waals surface area contributed by atoms with Crippen molar-refractivity contribution in [3.8, 4) is 0 Å². The van der Waals surface area contributed by atoms with Gasteiger partial charge in [-0.25, -0.2) is 0 Å². The first-order chi connectivity index (χ1) is 11.6. The third kappa shape index (κ3) is 4.59. The van der Waals surface area contributed by atoms with E-state index in [0.717, 1.165) is 48.7 Å². The van der Waals surface area contributed by atoms with Crippen LogP contribution in [0, 0.1) is 12.8 Å². The second-order valence-electron chi connectivity index (χ2n) is 6.54. The van der Waals surface area contributed by atoms with Gasteiger partial charge in [0.1, 0.15) is 0 Å². The number of piperidine rings is 1. The van der Waals surface area contributed by atoms with Crippen LogP contribution in [0.5, 0.6) is 0 Å². The van der Waals surface area contributed by atoms with Crippen LogP contribution in [0.15, 0.2) is 48.5 Å². The topological polar surface area (TPSA) is 32.3 Å². The Labute approximate surface area is 148 Å². The second-order valence-corrected chi connectivity index (χ2v) is 6.97. The van der Waals surface area contributed by atoms with Crippen molar-refractivity contribution in [2.45, 2.75) is 26.3 Å². The predicted molar refractivity (Wildman–Crippen MR) is 99.3 cm³/mol. The van der Waals surface area contributed by atoms with E-state index in [1.807, 2.05) is 43.3 Å². The summed E-state index contributed by atoms with van der Waals surface area (Å²) in [5.41, 5.74) is 3.32. The van der Waals surface area contributed by atoms with Gasteiger partial charge >= 0.3 is 0 Å². The number of nitrogens with one attached hydrogen (secondary N) is 1. The first kappa shape index (κ1) is 17.0. The summed E-state index contributed by atoms with van der Waals surface area (Å²) in [5, 5.41) is 3.82. The number of benzene rings is 2. The van der Waals surface area contributed by atoms with E-state index in [1.54, 1.807) is 0 Å². The highest BCUT2D eigenvalue weighted by molar-refractivity contribution is 6.30. The Bertz CT molecular complexity index is 691. The minimum absolute atomic E-state index is 0.104. The molecule has 2 aromatic carbocycles. The number of carbonyl (C=O) groups excluding carboxylic acids is 1. The Morgan fingerprint density at radius 3 is 2.54 bits per heavy atom. The van der Waals surface area contributed by atoms with Gasteiger partial charge in [-0.3, -0.25) is 9.69 Å². The highest BCUT2D eigenvalue weighted by Gasteiger charge is 2.25. The van der Waals surface area contributed by atoms with Gasteiger partial charge in [-0.2, -0.15) is 0 Å². The molecule has 0 radical (unpaired) electrons. The second kappa shape index (κ2) is 7.82. The van der Waals surface area contributed by atoms with Crippen LogP contribution in [-0.4, -0.2) is 23.9 Å². The zero-order valence-electron chi connectivity index (χ0n) is 14.0. The molecule has 0 atom stereocenters. The lowest BCUT2D eigenvalue weighted by atomic mass is 9.95. The average molecular weight is 343 g/mol. The molecule has 1 amide bonds. The van der Waals surface area contributed by atoms with Crippen LogP contribution in [0.2, 0.25) is 5.02 Å². The van der Waals surface area contributed by atoms with Crippen LogP contribution >= 0.6 is 11.6 Å². The number of anilines is 1. The van der Waals surface area contributed by atoms with Crippen LogP contribution in [-0.2, 0) is 11.3 Å². The zero-order valence-corrected chi connectivity index (χ0v) is 14.7. The summed E-state index contributed by atoms with van der Waals surface area (Å²) in [6, 6.07) is 16.0. The number of amides is 1. The quantitative estimate of drug-likeness (QED) is 0.887. The van der Waals surface area contributed by atoms with Crippen molar-refractivity contribution in [2.75, 3.05) is 18.4 Å². The number of hydrogen-bond acceptors (Lipinski definition) is 2. The summed E-state index contributed by atoms with van der Waals surface area (Å²) in [5.74, 6) is 0.249. The van der Waals surface area contributed by atoms with Crippen molar-refractivity contribution in [1.82, 2.24) is 4.90 Å². The van der Waals surface area contributed by atoms with Gasteiger partial charge in [0.05, 0.1) is 0 Å². The van der Waals surface area contributed by atoms with Gasteiger partial charge in [-0.1, -0.05) is 35.9 Å². The summed E-state index contributed by atoms with van der Waals surface area (Å²) in [6.07, 6.45) is 1.82. The first-order valence-corrected chi connectivity index (χ1v) is 8.82. The smallest absolute Gasteiger partial charge is 0.227 e. The number of hydrogen-bond donors (Lipinski definition) is 1. The van der Waals surface area contributed by atoms with Crippen molar-refractivity contribution in [1.29, 1.82) is 0 Å². The van der Waals surface area contributed by atoms with Gasteiger partial charge in [0.15, 0.2) is 0 Å². The molecule has 0 aromatic heterocycles. The van der Waals surface area contributed by atoms with Crippen LogP contribution < -0.4 is 5.32 Å². The van der Waals surface area contributed by atoms with Gasteiger partial charge in [-0.05, 0) is 68.2 Å². The van der Waals surface area contributed by atoms with Crippen LogP contribution in [0.4, 0.5) is 5.69 Å². The number of halogens is 1. The largest absolute Gasteiger partial charge is 0.326 e. The molecule has 0 bridgehead atoms. The maximum absolute atomic E-state index is 12.4.